The van der Waals surface area contributed by atoms with Crippen LogP contribution in [-0.4, -0.2) is 16.7 Å². The van der Waals surface area contributed by atoms with E-state index >= 15 is 0 Å². The first-order chi connectivity index (χ1) is 11.4. The fourth-order valence-electron chi connectivity index (χ4n) is 3.00. The highest BCUT2D eigenvalue weighted by molar-refractivity contribution is 6.31. The first kappa shape index (κ1) is 16.1. The Bertz CT molecular complexity index is 1020. The first-order valence-electron chi connectivity index (χ1n) is 7.10. The van der Waals surface area contributed by atoms with Gasteiger partial charge in [0.25, 0.3) is 0 Å². The number of rotatable bonds is 2. The van der Waals surface area contributed by atoms with Crippen molar-refractivity contribution < 1.29 is 9.13 Å². The number of anilines is 1. The average molecular weight is 345 g/mol. The van der Waals surface area contributed by atoms with Gasteiger partial charge in [0.15, 0.2) is 11.6 Å². The SMILES string of the molecule is COc1c(F)cc(C)c(-n2c(N)c(C#N)c3cc(Cl)cnc32)c1C. The third-order valence-electron chi connectivity index (χ3n) is 3.98. The van der Waals surface area contributed by atoms with Gasteiger partial charge in [0.05, 0.1) is 17.8 Å². The largest absolute Gasteiger partial charge is 0.493 e. The fraction of sp³-hybridized carbons (Fsp3) is 0.176. The van der Waals surface area contributed by atoms with Crippen LogP contribution in [0, 0.1) is 31.0 Å². The van der Waals surface area contributed by atoms with Gasteiger partial charge in [-0.1, -0.05) is 11.6 Å². The number of hydrogen-bond donors (Lipinski definition) is 1. The molecule has 2 N–H and O–H groups in total. The van der Waals surface area contributed by atoms with Crippen molar-refractivity contribution in [2.75, 3.05) is 12.8 Å². The smallest absolute Gasteiger partial charge is 0.165 e. The van der Waals surface area contributed by atoms with E-state index in [0.29, 0.717) is 32.9 Å². The summed E-state index contributed by atoms with van der Waals surface area (Å²) in [6, 6.07) is 5.09. The number of methoxy groups -OCH3 is 1. The summed E-state index contributed by atoms with van der Waals surface area (Å²) < 4.78 is 20.9. The lowest BCUT2D eigenvalue weighted by Crippen LogP contribution is -2.07. The minimum Gasteiger partial charge on any atom is -0.493 e. The Morgan fingerprint density at radius 3 is 2.71 bits per heavy atom. The Morgan fingerprint density at radius 1 is 1.38 bits per heavy atom. The zero-order chi connectivity index (χ0) is 17.6. The van der Waals surface area contributed by atoms with Gasteiger partial charge < -0.3 is 10.5 Å². The zero-order valence-electron chi connectivity index (χ0n) is 13.3. The number of aryl methyl sites for hydroxylation is 1. The van der Waals surface area contributed by atoms with Crippen LogP contribution < -0.4 is 10.5 Å². The van der Waals surface area contributed by atoms with Crippen LogP contribution in [0.2, 0.25) is 5.02 Å². The molecule has 7 heteroatoms. The molecule has 3 rings (SSSR count). The Kier molecular flexibility index (Phi) is 3.82. The lowest BCUT2D eigenvalue weighted by Gasteiger charge is -2.17. The average Bonchev–Trinajstić information content (AvgIpc) is 2.79. The molecule has 24 heavy (non-hydrogen) atoms. The van der Waals surface area contributed by atoms with Crippen molar-refractivity contribution in [1.29, 1.82) is 5.26 Å². The Balaban J connectivity index is 2.49. The Hall–Kier alpha value is -2.78. The van der Waals surface area contributed by atoms with E-state index in [9.17, 15) is 9.65 Å². The highest BCUT2D eigenvalue weighted by Gasteiger charge is 2.22. The Morgan fingerprint density at radius 2 is 2.08 bits per heavy atom. The van der Waals surface area contributed by atoms with Crippen LogP contribution in [0.15, 0.2) is 18.3 Å². The monoisotopic (exact) mass is 344 g/mol. The maximum absolute atomic E-state index is 14.1. The maximum atomic E-state index is 14.1. The number of hydrogen-bond acceptors (Lipinski definition) is 4. The van der Waals surface area contributed by atoms with Crippen molar-refractivity contribution in [1.82, 2.24) is 9.55 Å². The van der Waals surface area contributed by atoms with Gasteiger partial charge in [-0.15, -0.1) is 0 Å². The number of benzene rings is 1. The molecule has 0 radical (unpaired) electrons. The minimum atomic E-state index is -0.456. The summed E-state index contributed by atoms with van der Waals surface area (Å²) in [7, 11) is 1.40. The van der Waals surface area contributed by atoms with Crippen molar-refractivity contribution >= 4 is 28.5 Å². The molecule has 1 aromatic carbocycles. The van der Waals surface area contributed by atoms with Crippen molar-refractivity contribution in [2.24, 2.45) is 0 Å². The van der Waals surface area contributed by atoms with Crippen molar-refractivity contribution in [3.63, 3.8) is 0 Å². The highest BCUT2D eigenvalue weighted by atomic mass is 35.5. The molecule has 0 atom stereocenters. The Labute approximate surface area is 143 Å². The second kappa shape index (κ2) is 5.69. The van der Waals surface area contributed by atoms with E-state index in [1.807, 2.05) is 0 Å². The molecule has 0 aliphatic heterocycles. The summed E-state index contributed by atoms with van der Waals surface area (Å²) in [6.45, 7) is 3.50. The number of nitrogens with two attached hydrogens (primary N) is 1. The quantitative estimate of drug-likeness (QED) is 0.765. The van der Waals surface area contributed by atoms with E-state index in [1.165, 1.54) is 19.4 Å². The summed E-state index contributed by atoms with van der Waals surface area (Å²) in [6.07, 6.45) is 1.48. The summed E-state index contributed by atoms with van der Waals surface area (Å²) in [5.41, 5.74) is 8.81. The molecule has 0 saturated carbocycles. The normalized spacial score (nSPS) is 10.8. The van der Waals surface area contributed by atoms with E-state index in [4.69, 9.17) is 22.1 Å². The number of nitrogen functional groups attached to an aromatic ring is 1. The molecule has 0 amide bonds. The molecular formula is C17H14ClFN4O. The third kappa shape index (κ3) is 2.17. The third-order valence-corrected chi connectivity index (χ3v) is 4.19. The van der Waals surface area contributed by atoms with Crippen molar-refractivity contribution in [3.05, 3.63) is 45.9 Å². The lowest BCUT2D eigenvalue weighted by molar-refractivity contribution is 0.383. The predicted molar refractivity (Wildman–Crippen MR) is 91.2 cm³/mol. The molecule has 3 aromatic rings. The van der Waals surface area contributed by atoms with Gasteiger partial charge in [0.2, 0.25) is 0 Å². The van der Waals surface area contributed by atoms with E-state index in [2.05, 4.69) is 11.1 Å². The number of fused-ring (bicyclic) bond motifs is 1. The predicted octanol–water partition coefficient (Wildman–Crippen LogP) is 3.90. The van der Waals surface area contributed by atoms with Gasteiger partial charge in [-0.25, -0.2) is 9.37 Å². The lowest BCUT2D eigenvalue weighted by atomic mass is 10.1. The van der Waals surface area contributed by atoms with Crippen LogP contribution in [0.4, 0.5) is 10.2 Å². The van der Waals surface area contributed by atoms with Crippen molar-refractivity contribution in [3.8, 4) is 17.5 Å². The number of aromatic nitrogens is 2. The maximum Gasteiger partial charge on any atom is 0.165 e. The molecule has 0 saturated heterocycles. The van der Waals surface area contributed by atoms with Crippen LogP contribution in [0.25, 0.3) is 16.7 Å². The number of ether oxygens (including phenoxy) is 1. The summed E-state index contributed by atoms with van der Waals surface area (Å²) in [5.74, 6) is -0.103. The molecule has 2 heterocycles. The van der Waals surface area contributed by atoms with Crippen LogP contribution in [-0.2, 0) is 0 Å². The zero-order valence-corrected chi connectivity index (χ0v) is 14.1. The van der Waals surface area contributed by atoms with Gasteiger partial charge in [-0.2, -0.15) is 5.26 Å². The molecule has 2 aromatic heterocycles. The summed E-state index contributed by atoms with van der Waals surface area (Å²) in [5, 5.41) is 10.4. The second-order valence-electron chi connectivity index (χ2n) is 5.41. The van der Waals surface area contributed by atoms with Gasteiger partial charge in [-0.3, -0.25) is 4.57 Å². The van der Waals surface area contributed by atoms with E-state index in [-0.39, 0.29) is 17.1 Å². The molecule has 0 fully saturated rings. The van der Waals surface area contributed by atoms with E-state index in [1.54, 1.807) is 24.5 Å². The van der Waals surface area contributed by atoms with Crippen LogP contribution in [0.5, 0.6) is 5.75 Å². The molecule has 0 aliphatic carbocycles. The number of nitriles is 1. The van der Waals surface area contributed by atoms with Gasteiger partial charge >= 0.3 is 0 Å². The molecule has 5 nitrogen and oxygen atoms in total. The highest BCUT2D eigenvalue weighted by Crippen LogP contribution is 2.37. The van der Waals surface area contributed by atoms with E-state index < -0.39 is 5.82 Å². The van der Waals surface area contributed by atoms with Gasteiger partial charge in [-0.05, 0) is 31.5 Å². The second-order valence-corrected chi connectivity index (χ2v) is 5.85. The molecule has 0 unspecified atom stereocenters. The molecular weight excluding hydrogens is 331 g/mol. The molecule has 0 bridgehead atoms. The topological polar surface area (TPSA) is 76.9 Å². The van der Waals surface area contributed by atoms with E-state index in [0.717, 1.165) is 0 Å². The fourth-order valence-corrected chi connectivity index (χ4v) is 3.16. The first-order valence-corrected chi connectivity index (χ1v) is 7.48. The number of pyridine rings is 1. The van der Waals surface area contributed by atoms with Crippen molar-refractivity contribution in [2.45, 2.75) is 13.8 Å². The summed E-state index contributed by atoms with van der Waals surface area (Å²) >= 11 is 5.99. The van der Waals surface area contributed by atoms with Crippen LogP contribution in [0.1, 0.15) is 16.7 Å². The molecule has 122 valence electrons. The van der Waals surface area contributed by atoms with Crippen LogP contribution >= 0.6 is 11.6 Å². The van der Waals surface area contributed by atoms with Gasteiger partial charge in [0.1, 0.15) is 23.1 Å². The number of nitrogens with zero attached hydrogens (tertiary/aromatic N) is 3. The van der Waals surface area contributed by atoms with Crippen LogP contribution in [0.3, 0.4) is 0 Å². The van der Waals surface area contributed by atoms with Gasteiger partial charge in [0, 0.05) is 17.1 Å². The molecule has 0 spiro atoms. The standard InChI is InChI=1S/C17H14ClFN4O/c1-8-4-13(19)15(24-3)9(2)14(8)23-16(21)12(6-20)11-5-10(18)7-22-17(11)23/h4-5,7H,21H2,1-3H3. The number of halogens is 2. The minimum absolute atomic E-state index is 0.129. The molecule has 0 aliphatic rings. The summed E-state index contributed by atoms with van der Waals surface area (Å²) in [4.78, 5) is 4.31.